The summed E-state index contributed by atoms with van der Waals surface area (Å²) in [4.78, 5) is 13.5. The van der Waals surface area contributed by atoms with Gasteiger partial charge in [-0.1, -0.05) is 23.2 Å². The maximum Gasteiger partial charge on any atom is 0.243 e. The number of piperazine rings is 1. The zero-order valence-electron chi connectivity index (χ0n) is 11.8. The van der Waals surface area contributed by atoms with Gasteiger partial charge >= 0.3 is 0 Å². The zero-order chi connectivity index (χ0) is 16.3. The van der Waals surface area contributed by atoms with Crippen LogP contribution in [0.2, 0.25) is 10.0 Å². The fraction of sp³-hybridized carbons (Fsp3) is 0.462. The summed E-state index contributed by atoms with van der Waals surface area (Å²) in [5.74, 6) is -0.0471. The Kier molecular flexibility index (Phi) is 5.68. The number of sulfonamides is 1. The largest absolute Gasteiger partial charge is 0.340 e. The molecule has 122 valence electrons. The van der Waals surface area contributed by atoms with Gasteiger partial charge in [0.05, 0.1) is 14.9 Å². The van der Waals surface area contributed by atoms with Crippen LogP contribution in [0.5, 0.6) is 0 Å². The second-order valence-electron chi connectivity index (χ2n) is 4.90. The molecule has 1 aromatic rings. The summed E-state index contributed by atoms with van der Waals surface area (Å²) in [6.45, 7) is 1.51. The van der Waals surface area contributed by atoms with Gasteiger partial charge in [0.2, 0.25) is 15.9 Å². The summed E-state index contributed by atoms with van der Waals surface area (Å²) in [6, 6.07) is 4.22. The first-order valence-electron chi connectivity index (χ1n) is 6.79. The highest BCUT2D eigenvalue weighted by Crippen LogP contribution is 2.27. The Hall–Kier alpha value is -0.860. The highest BCUT2D eigenvalue weighted by molar-refractivity contribution is 7.89. The molecule has 2 rings (SSSR count). The number of nitrogens with two attached hydrogens (primary N) is 1. The molecule has 0 bridgehead atoms. The van der Waals surface area contributed by atoms with Crippen molar-refractivity contribution in [2.24, 2.45) is 5.73 Å². The number of carbonyl (C=O) groups excluding carboxylic acids is 1. The molecule has 1 fully saturated rings. The lowest BCUT2D eigenvalue weighted by Gasteiger charge is -2.34. The topological polar surface area (TPSA) is 83.7 Å². The van der Waals surface area contributed by atoms with E-state index in [0.29, 0.717) is 24.7 Å². The van der Waals surface area contributed by atoms with E-state index < -0.39 is 10.0 Å². The quantitative estimate of drug-likeness (QED) is 0.867. The number of rotatable bonds is 4. The van der Waals surface area contributed by atoms with Crippen molar-refractivity contribution in [3.63, 3.8) is 0 Å². The first-order chi connectivity index (χ1) is 10.4. The Morgan fingerprint density at radius 1 is 1.14 bits per heavy atom. The molecule has 6 nitrogen and oxygen atoms in total. The van der Waals surface area contributed by atoms with Gasteiger partial charge in [-0.25, -0.2) is 8.42 Å². The van der Waals surface area contributed by atoms with Gasteiger partial charge in [0.1, 0.15) is 0 Å². The summed E-state index contributed by atoms with van der Waals surface area (Å²) < 4.78 is 26.5. The van der Waals surface area contributed by atoms with Gasteiger partial charge in [0.15, 0.2) is 0 Å². The molecular weight excluding hydrogens is 349 g/mol. The molecule has 0 aromatic heterocycles. The van der Waals surface area contributed by atoms with Crippen LogP contribution < -0.4 is 5.73 Å². The summed E-state index contributed by atoms with van der Waals surface area (Å²) >= 11 is 11.7. The summed E-state index contributed by atoms with van der Waals surface area (Å²) in [6.07, 6.45) is 0.277. The van der Waals surface area contributed by atoms with E-state index in [0.717, 1.165) is 0 Å². The van der Waals surface area contributed by atoms with E-state index in [1.165, 1.54) is 22.5 Å². The summed E-state index contributed by atoms with van der Waals surface area (Å²) in [5, 5.41) is 0.498. The molecule has 1 saturated heterocycles. The average molecular weight is 366 g/mol. The van der Waals surface area contributed by atoms with Crippen LogP contribution in [0.1, 0.15) is 6.42 Å². The van der Waals surface area contributed by atoms with E-state index in [9.17, 15) is 13.2 Å². The molecule has 0 radical (unpaired) electrons. The monoisotopic (exact) mass is 365 g/mol. The lowest BCUT2D eigenvalue weighted by molar-refractivity contribution is -0.132. The second kappa shape index (κ2) is 7.14. The third-order valence-corrected chi connectivity index (χ3v) is 6.11. The molecule has 1 aromatic carbocycles. The molecule has 2 N–H and O–H groups in total. The van der Waals surface area contributed by atoms with Gasteiger partial charge in [-0.05, 0) is 18.2 Å². The van der Waals surface area contributed by atoms with Gasteiger partial charge in [0, 0.05) is 39.1 Å². The van der Waals surface area contributed by atoms with Crippen molar-refractivity contribution in [1.29, 1.82) is 0 Å². The molecule has 9 heteroatoms. The van der Waals surface area contributed by atoms with E-state index in [1.807, 2.05) is 0 Å². The van der Waals surface area contributed by atoms with Crippen LogP contribution in [-0.2, 0) is 14.8 Å². The van der Waals surface area contributed by atoms with E-state index in [2.05, 4.69) is 0 Å². The zero-order valence-corrected chi connectivity index (χ0v) is 14.2. The average Bonchev–Trinajstić information content (AvgIpc) is 2.50. The van der Waals surface area contributed by atoms with Crippen molar-refractivity contribution in [3.05, 3.63) is 28.2 Å². The number of nitrogens with zero attached hydrogens (tertiary/aromatic N) is 2. The first kappa shape index (κ1) is 17.5. The minimum Gasteiger partial charge on any atom is -0.340 e. The SMILES string of the molecule is NCCC(=O)N1CCN(S(=O)(=O)c2ccc(Cl)c(Cl)c2)CC1. The minimum absolute atomic E-state index is 0.0471. The summed E-state index contributed by atoms with van der Waals surface area (Å²) in [5.41, 5.74) is 5.36. The molecular formula is C13H17Cl2N3O3S. The van der Waals surface area contributed by atoms with Crippen molar-refractivity contribution >= 4 is 39.1 Å². The highest BCUT2D eigenvalue weighted by Gasteiger charge is 2.30. The van der Waals surface area contributed by atoms with E-state index in [-0.39, 0.29) is 35.3 Å². The van der Waals surface area contributed by atoms with Crippen LogP contribution in [0.25, 0.3) is 0 Å². The Morgan fingerprint density at radius 3 is 2.32 bits per heavy atom. The van der Waals surface area contributed by atoms with Crippen molar-refractivity contribution in [1.82, 2.24) is 9.21 Å². The van der Waals surface area contributed by atoms with Gasteiger partial charge in [-0.3, -0.25) is 4.79 Å². The fourth-order valence-corrected chi connectivity index (χ4v) is 4.06. The molecule has 0 saturated carbocycles. The molecule has 0 unspecified atom stereocenters. The smallest absolute Gasteiger partial charge is 0.243 e. The normalized spacial score (nSPS) is 16.8. The second-order valence-corrected chi connectivity index (χ2v) is 7.65. The molecule has 0 spiro atoms. The Morgan fingerprint density at radius 2 is 1.77 bits per heavy atom. The number of benzene rings is 1. The number of amides is 1. The third kappa shape index (κ3) is 3.72. The van der Waals surface area contributed by atoms with Gasteiger partial charge in [0.25, 0.3) is 0 Å². The van der Waals surface area contributed by atoms with Crippen LogP contribution in [0, 0.1) is 0 Å². The maximum atomic E-state index is 12.6. The molecule has 0 atom stereocenters. The Labute approximate surface area is 139 Å². The summed E-state index contributed by atoms with van der Waals surface area (Å²) in [7, 11) is -3.64. The number of halogens is 2. The van der Waals surface area contributed by atoms with E-state index in [1.54, 1.807) is 4.90 Å². The molecule has 1 aliphatic rings. The predicted octanol–water partition coefficient (Wildman–Crippen LogP) is 1.18. The standard InChI is InChI=1S/C13H17Cl2N3O3S/c14-11-2-1-10(9-12(11)15)22(20,21)18-7-5-17(6-8-18)13(19)3-4-16/h1-2,9H,3-8,16H2. The van der Waals surface area contributed by atoms with Crippen molar-refractivity contribution in [2.75, 3.05) is 32.7 Å². The number of carbonyl (C=O) groups is 1. The maximum absolute atomic E-state index is 12.6. The van der Waals surface area contributed by atoms with Crippen LogP contribution in [0.3, 0.4) is 0 Å². The van der Waals surface area contributed by atoms with Gasteiger partial charge < -0.3 is 10.6 Å². The third-order valence-electron chi connectivity index (χ3n) is 3.48. The lowest BCUT2D eigenvalue weighted by Crippen LogP contribution is -2.50. The highest BCUT2D eigenvalue weighted by atomic mass is 35.5. The molecule has 1 aliphatic heterocycles. The van der Waals surface area contributed by atoms with Crippen LogP contribution >= 0.6 is 23.2 Å². The fourth-order valence-electron chi connectivity index (χ4n) is 2.25. The van der Waals surface area contributed by atoms with Gasteiger partial charge in [-0.15, -0.1) is 0 Å². The predicted molar refractivity (Wildman–Crippen MR) is 85.5 cm³/mol. The lowest BCUT2D eigenvalue weighted by atomic mass is 10.3. The van der Waals surface area contributed by atoms with Gasteiger partial charge in [-0.2, -0.15) is 4.31 Å². The van der Waals surface area contributed by atoms with E-state index in [4.69, 9.17) is 28.9 Å². The first-order valence-corrected chi connectivity index (χ1v) is 8.99. The van der Waals surface area contributed by atoms with E-state index >= 15 is 0 Å². The number of hydrogen-bond donors (Lipinski definition) is 1. The van der Waals surface area contributed by atoms with Crippen LogP contribution in [0.4, 0.5) is 0 Å². The van der Waals surface area contributed by atoms with Crippen LogP contribution in [-0.4, -0.2) is 56.3 Å². The van der Waals surface area contributed by atoms with Crippen molar-refractivity contribution in [3.8, 4) is 0 Å². The molecule has 1 heterocycles. The number of hydrogen-bond acceptors (Lipinski definition) is 4. The minimum atomic E-state index is -3.64. The Balaban J connectivity index is 2.09. The Bertz CT molecular complexity index is 658. The van der Waals surface area contributed by atoms with Crippen molar-refractivity contribution < 1.29 is 13.2 Å². The molecule has 0 aliphatic carbocycles. The van der Waals surface area contributed by atoms with Crippen LogP contribution in [0.15, 0.2) is 23.1 Å². The molecule has 1 amide bonds. The molecule has 22 heavy (non-hydrogen) atoms. The van der Waals surface area contributed by atoms with Crippen molar-refractivity contribution in [2.45, 2.75) is 11.3 Å².